The summed E-state index contributed by atoms with van der Waals surface area (Å²) in [6.07, 6.45) is 10.8. The zero-order chi connectivity index (χ0) is 12.4. The number of carbonyl (C=O) groups is 1. The first-order chi connectivity index (χ1) is 8.08. The summed E-state index contributed by atoms with van der Waals surface area (Å²) < 4.78 is 0.351. The highest BCUT2D eigenvalue weighted by Crippen LogP contribution is 2.46. The molecule has 0 atom stereocenters. The molecule has 2 fully saturated rings. The first-order valence-electron chi connectivity index (χ1n) is 6.68. The molecule has 0 heterocycles. The number of amides is 1. The highest BCUT2D eigenvalue weighted by atomic mass is 32.2. The molecule has 0 radical (unpaired) electrons. The molecule has 2 aliphatic rings. The van der Waals surface area contributed by atoms with Crippen LogP contribution in [0.2, 0.25) is 0 Å². The fourth-order valence-corrected chi connectivity index (χ4v) is 3.39. The Balaban J connectivity index is 1.73. The van der Waals surface area contributed by atoms with Crippen LogP contribution in [-0.4, -0.2) is 29.0 Å². The standard InChI is InChI=1S/C13H24N2OS/c1-17-13(7-8-13)10-15-11(16)9-12(14)5-3-2-4-6-12/h2-10,14H2,1H3,(H,15,16). The molecule has 17 heavy (non-hydrogen) atoms. The van der Waals surface area contributed by atoms with Crippen LogP contribution in [0, 0.1) is 0 Å². The molecular formula is C13H24N2OS. The lowest BCUT2D eigenvalue weighted by atomic mass is 9.80. The van der Waals surface area contributed by atoms with Gasteiger partial charge in [-0.15, -0.1) is 0 Å². The minimum atomic E-state index is -0.224. The Kier molecular flexibility index (Phi) is 4.03. The molecule has 4 heteroatoms. The van der Waals surface area contributed by atoms with E-state index in [4.69, 9.17) is 5.73 Å². The molecule has 0 spiro atoms. The Bertz CT molecular complexity index is 283. The van der Waals surface area contributed by atoms with Gasteiger partial charge in [0, 0.05) is 23.3 Å². The van der Waals surface area contributed by atoms with Gasteiger partial charge in [0.1, 0.15) is 0 Å². The van der Waals surface area contributed by atoms with Gasteiger partial charge in [0.2, 0.25) is 5.91 Å². The van der Waals surface area contributed by atoms with Gasteiger partial charge in [-0.2, -0.15) is 11.8 Å². The molecule has 0 saturated heterocycles. The van der Waals surface area contributed by atoms with Crippen LogP contribution in [0.5, 0.6) is 0 Å². The van der Waals surface area contributed by atoms with Gasteiger partial charge in [-0.05, 0) is 31.9 Å². The topological polar surface area (TPSA) is 55.1 Å². The second-order valence-corrected chi connectivity index (χ2v) is 7.04. The zero-order valence-electron chi connectivity index (χ0n) is 10.8. The monoisotopic (exact) mass is 256 g/mol. The van der Waals surface area contributed by atoms with Gasteiger partial charge in [0.25, 0.3) is 0 Å². The SMILES string of the molecule is CSC1(CNC(=O)CC2(N)CCCCC2)CC1. The van der Waals surface area contributed by atoms with E-state index in [-0.39, 0.29) is 11.4 Å². The third kappa shape index (κ3) is 3.62. The van der Waals surface area contributed by atoms with Crippen molar-refractivity contribution in [1.29, 1.82) is 0 Å². The number of carbonyl (C=O) groups excluding carboxylic acids is 1. The number of thioether (sulfide) groups is 1. The average Bonchev–Trinajstić information content (AvgIpc) is 3.07. The van der Waals surface area contributed by atoms with Gasteiger partial charge < -0.3 is 11.1 Å². The largest absolute Gasteiger partial charge is 0.355 e. The lowest BCUT2D eigenvalue weighted by Gasteiger charge is -2.32. The Morgan fingerprint density at radius 2 is 1.88 bits per heavy atom. The molecule has 1 amide bonds. The van der Waals surface area contributed by atoms with E-state index in [2.05, 4.69) is 11.6 Å². The smallest absolute Gasteiger partial charge is 0.221 e. The second kappa shape index (κ2) is 5.19. The quantitative estimate of drug-likeness (QED) is 0.791. The fraction of sp³-hybridized carbons (Fsp3) is 0.923. The van der Waals surface area contributed by atoms with Crippen molar-refractivity contribution in [3.05, 3.63) is 0 Å². The summed E-state index contributed by atoms with van der Waals surface area (Å²) in [6, 6.07) is 0. The zero-order valence-corrected chi connectivity index (χ0v) is 11.6. The lowest BCUT2D eigenvalue weighted by Crippen LogP contribution is -2.46. The van der Waals surface area contributed by atoms with E-state index < -0.39 is 0 Å². The van der Waals surface area contributed by atoms with Gasteiger partial charge >= 0.3 is 0 Å². The molecule has 0 bridgehead atoms. The predicted octanol–water partition coefficient (Wildman–Crippen LogP) is 2.05. The van der Waals surface area contributed by atoms with Crippen molar-refractivity contribution >= 4 is 17.7 Å². The molecule has 2 aliphatic carbocycles. The van der Waals surface area contributed by atoms with Crippen molar-refractivity contribution in [3.63, 3.8) is 0 Å². The molecule has 0 aromatic rings. The Morgan fingerprint density at radius 1 is 1.24 bits per heavy atom. The lowest BCUT2D eigenvalue weighted by molar-refractivity contribution is -0.122. The molecule has 98 valence electrons. The van der Waals surface area contributed by atoms with Gasteiger partial charge in [-0.3, -0.25) is 4.79 Å². The van der Waals surface area contributed by atoms with E-state index in [0.717, 1.165) is 19.4 Å². The van der Waals surface area contributed by atoms with Crippen molar-refractivity contribution in [3.8, 4) is 0 Å². The Hall–Kier alpha value is -0.220. The van der Waals surface area contributed by atoms with Crippen LogP contribution in [0.3, 0.4) is 0 Å². The maximum Gasteiger partial charge on any atom is 0.221 e. The maximum atomic E-state index is 11.9. The van der Waals surface area contributed by atoms with E-state index in [1.807, 2.05) is 11.8 Å². The van der Waals surface area contributed by atoms with Crippen molar-refractivity contribution < 1.29 is 4.79 Å². The molecule has 0 aromatic carbocycles. The first-order valence-corrected chi connectivity index (χ1v) is 7.91. The predicted molar refractivity (Wildman–Crippen MR) is 73.1 cm³/mol. The van der Waals surface area contributed by atoms with Crippen LogP contribution in [0.15, 0.2) is 0 Å². The molecule has 2 saturated carbocycles. The summed E-state index contributed by atoms with van der Waals surface area (Å²) in [5, 5.41) is 3.07. The van der Waals surface area contributed by atoms with E-state index >= 15 is 0 Å². The molecule has 3 nitrogen and oxygen atoms in total. The third-order valence-electron chi connectivity index (χ3n) is 4.21. The van der Waals surface area contributed by atoms with Crippen LogP contribution in [0.4, 0.5) is 0 Å². The summed E-state index contributed by atoms with van der Waals surface area (Å²) in [7, 11) is 0. The van der Waals surface area contributed by atoms with Gasteiger partial charge in [-0.1, -0.05) is 19.3 Å². The number of nitrogens with two attached hydrogens (primary N) is 1. The van der Waals surface area contributed by atoms with Crippen molar-refractivity contribution in [2.45, 2.75) is 61.7 Å². The molecule has 0 aromatic heterocycles. The second-order valence-electron chi connectivity index (χ2n) is 5.76. The normalized spacial score (nSPS) is 25.3. The third-order valence-corrected chi connectivity index (χ3v) is 5.63. The van der Waals surface area contributed by atoms with Crippen molar-refractivity contribution in [2.75, 3.05) is 12.8 Å². The molecule has 2 rings (SSSR count). The Morgan fingerprint density at radius 3 is 2.41 bits per heavy atom. The van der Waals surface area contributed by atoms with Crippen LogP contribution in [0.1, 0.15) is 51.4 Å². The molecular weight excluding hydrogens is 232 g/mol. The van der Waals surface area contributed by atoms with Gasteiger partial charge in [0.15, 0.2) is 0 Å². The van der Waals surface area contributed by atoms with Crippen LogP contribution < -0.4 is 11.1 Å². The highest BCUT2D eigenvalue weighted by molar-refractivity contribution is 8.00. The summed E-state index contributed by atoms with van der Waals surface area (Å²) >= 11 is 1.88. The summed E-state index contributed by atoms with van der Waals surface area (Å²) in [5.41, 5.74) is 6.06. The van der Waals surface area contributed by atoms with Crippen LogP contribution in [-0.2, 0) is 4.79 Å². The van der Waals surface area contributed by atoms with Gasteiger partial charge in [0.05, 0.1) is 0 Å². The van der Waals surface area contributed by atoms with E-state index in [0.29, 0.717) is 11.2 Å². The van der Waals surface area contributed by atoms with E-state index in [1.165, 1.54) is 32.1 Å². The summed E-state index contributed by atoms with van der Waals surface area (Å²) in [4.78, 5) is 11.9. The van der Waals surface area contributed by atoms with Crippen molar-refractivity contribution in [1.82, 2.24) is 5.32 Å². The Labute approximate surface area is 108 Å². The molecule has 3 N–H and O–H groups in total. The average molecular weight is 256 g/mol. The number of rotatable bonds is 5. The van der Waals surface area contributed by atoms with Crippen LogP contribution >= 0.6 is 11.8 Å². The van der Waals surface area contributed by atoms with E-state index in [1.54, 1.807) is 0 Å². The minimum Gasteiger partial charge on any atom is -0.355 e. The van der Waals surface area contributed by atoms with E-state index in [9.17, 15) is 4.79 Å². The molecule has 0 unspecified atom stereocenters. The molecule has 0 aliphatic heterocycles. The number of hydrogen-bond donors (Lipinski definition) is 2. The first kappa shape index (κ1) is 13.2. The van der Waals surface area contributed by atoms with Gasteiger partial charge in [-0.25, -0.2) is 0 Å². The van der Waals surface area contributed by atoms with Crippen molar-refractivity contribution in [2.24, 2.45) is 5.73 Å². The summed E-state index contributed by atoms with van der Waals surface area (Å²) in [6.45, 7) is 0.822. The van der Waals surface area contributed by atoms with Crippen LogP contribution in [0.25, 0.3) is 0 Å². The minimum absolute atomic E-state index is 0.148. The number of hydrogen-bond acceptors (Lipinski definition) is 3. The highest BCUT2D eigenvalue weighted by Gasteiger charge is 2.42. The summed E-state index contributed by atoms with van der Waals surface area (Å²) in [5.74, 6) is 0.148. The fourth-order valence-electron chi connectivity index (χ4n) is 2.67. The number of nitrogens with one attached hydrogen (secondary N) is 1. The maximum absolute atomic E-state index is 11.9.